The first-order chi connectivity index (χ1) is 11.1. The van der Waals surface area contributed by atoms with E-state index in [1.54, 1.807) is 14.0 Å². The van der Waals surface area contributed by atoms with E-state index in [0.29, 0.717) is 13.2 Å². The van der Waals surface area contributed by atoms with Crippen molar-refractivity contribution in [3.63, 3.8) is 0 Å². The van der Waals surface area contributed by atoms with Gasteiger partial charge in [0, 0.05) is 18.6 Å². The molecule has 0 saturated carbocycles. The van der Waals surface area contributed by atoms with Crippen molar-refractivity contribution in [2.24, 2.45) is 0 Å². The third-order valence-corrected chi connectivity index (χ3v) is 4.68. The minimum absolute atomic E-state index is 0.203. The predicted molar refractivity (Wildman–Crippen MR) is 89.6 cm³/mol. The normalized spacial score (nSPS) is 14.2. The molecule has 1 amide bonds. The molecule has 5 nitrogen and oxygen atoms in total. The zero-order valence-electron chi connectivity index (χ0n) is 13.6. The van der Waals surface area contributed by atoms with Crippen LogP contribution in [0.25, 0.3) is 0 Å². The van der Waals surface area contributed by atoms with E-state index in [0.717, 1.165) is 17.7 Å². The van der Waals surface area contributed by atoms with Crippen LogP contribution in [0, 0.1) is 0 Å². The molecule has 6 heteroatoms. The summed E-state index contributed by atoms with van der Waals surface area (Å²) in [6, 6.07) is 6.34. The number of thioether (sulfide) groups is 1. The van der Waals surface area contributed by atoms with Crippen LogP contribution in [0.1, 0.15) is 24.5 Å². The molecule has 0 radical (unpaired) electrons. The summed E-state index contributed by atoms with van der Waals surface area (Å²) in [7, 11) is 1.56. The Hall–Kier alpha value is -1.53. The van der Waals surface area contributed by atoms with Crippen LogP contribution < -0.4 is 5.32 Å². The van der Waals surface area contributed by atoms with Crippen LogP contribution in [0.2, 0.25) is 0 Å². The molecule has 1 aromatic carbocycles. The van der Waals surface area contributed by atoms with Gasteiger partial charge >= 0.3 is 5.97 Å². The van der Waals surface area contributed by atoms with Crippen molar-refractivity contribution in [3.05, 3.63) is 29.3 Å². The SMILES string of the molecule is COCCNC(=O)[C@@H](C)OC(=O)CSc1ccc2c(c1)CCC2. The Labute approximate surface area is 141 Å². The highest BCUT2D eigenvalue weighted by Crippen LogP contribution is 2.27. The lowest BCUT2D eigenvalue weighted by Crippen LogP contribution is -2.37. The molecule has 2 rings (SSSR count). The number of methoxy groups -OCH3 is 1. The van der Waals surface area contributed by atoms with Crippen molar-refractivity contribution >= 4 is 23.6 Å². The van der Waals surface area contributed by atoms with Crippen molar-refractivity contribution in [1.82, 2.24) is 5.32 Å². The summed E-state index contributed by atoms with van der Waals surface area (Å²) in [6.45, 7) is 2.40. The van der Waals surface area contributed by atoms with Crippen molar-refractivity contribution in [1.29, 1.82) is 0 Å². The number of ether oxygens (including phenoxy) is 2. The van der Waals surface area contributed by atoms with Gasteiger partial charge in [0.1, 0.15) is 0 Å². The Morgan fingerprint density at radius 2 is 2.09 bits per heavy atom. The van der Waals surface area contributed by atoms with E-state index in [1.807, 2.05) is 6.07 Å². The van der Waals surface area contributed by atoms with Crippen molar-refractivity contribution in [3.8, 4) is 0 Å². The lowest BCUT2D eigenvalue weighted by Gasteiger charge is -2.13. The van der Waals surface area contributed by atoms with Gasteiger partial charge in [-0.15, -0.1) is 11.8 Å². The molecule has 1 N–H and O–H groups in total. The molecule has 23 heavy (non-hydrogen) atoms. The number of hydrogen-bond acceptors (Lipinski definition) is 5. The first-order valence-electron chi connectivity index (χ1n) is 7.81. The highest BCUT2D eigenvalue weighted by atomic mass is 32.2. The number of rotatable bonds is 8. The summed E-state index contributed by atoms with van der Waals surface area (Å²) in [5.74, 6) is -0.489. The summed E-state index contributed by atoms with van der Waals surface area (Å²) in [5, 5.41) is 2.64. The summed E-state index contributed by atoms with van der Waals surface area (Å²) in [6.07, 6.45) is 2.69. The summed E-state index contributed by atoms with van der Waals surface area (Å²) in [5.41, 5.74) is 2.80. The van der Waals surface area contributed by atoms with Gasteiger partial charge in [-0.25, -0.2) is 0 Å². The van der Waals surface area contributed by atoms with Crippen molar-refractivity contribution < 1.29 is 19.1 Å². The minimum Gasteiger partial charge on any atom is -0.452 e. The number of carbonyl (C=O) groups excluding carboxylic acids is 2. The monoisotopic (exact) mass is 337 g/mol. The molecule has 0 saturated heterocycles. The fourth-order valence-electron chi connectivity index (χ4n) is 2.48. The molecular weight excluding hydrogens is 314 g/mol. The number of aryl methyl sites for hydroxylation is 2. The van der Waals surface area contributed by atoms with Crippen LogP contribution in [-0.4, -0.2) is 44.0 Å². The fraction of sp³-hybridized carbons (Fsp3) is 0.529. The number of nitrogens with one attached hydrogen (secondary N) is 1. The molecule has 0 spiro atoms. The first-order valence-corrected chi connectivity index (χ1v) is 8.79. The number of carbonyl (C=O) groups is 2. The average Bonchev–Trinajstić information content (AvgIpc) is 3.00. The van der Waals surface area contributed by atoms with Crippen LogP contribution in [-0.2, 0) is 31.9 Å². The highest BCUT2D eigenvalue weighted by Gasteiger charge is 2.18. The number of hydrogen-bond donors (Lipinski definition) is 1. The minimum atomic E-state index is -0.792. The lowest BCUT2D eigenvalue weighted by molar-refractivity contribution is -0.152. The van der Waals surface area contributed by atoms with E-state index in [1.165, 1.54) is 29.3 Å². The second-order valence-electron chi connectivity index (χ2n) is 5.49. The largest absolute Gasteiger partial charge is 0.452 e. The Morgan fingerprint density at radius 1 is 1.30 bits per heavy atom. The van der Waals surface area contributed by atoms with Gasteiger partial charge in [-0.05, 0) is 49.4 Å². The number of esters is 1. The standard InChI is InChI=1S/C17H23NO4S/c1-12(17(20)18-8-9-21-2)22-16(19)11-23-15-7-6-13-4-3-5-14(13)10-15/h6-7,10,12H,3-5,8-9,11H2,1-2H3,(H,18,20)/t12-/m1/s1. The van der Waals surface area contributed by atoms with Gasteiger partial charge in [0.2, 0.25) is 0 Å². The van der Waals surface area contributed by atoms with Crippen LogP contribution in [0.3, 0.4) is 0 Å². The van der Waals surface area contributed by atoms with E-state index in [-0.39, 0.29) is 17.6 Å². The van der Waals surface area contributed by atoms with Crippen LogP contribution >= 0.6 is 11.8 Å². The number of benzene rings is 1. The van der Waals surface area contributed by atoms with Crippen molar-refractivity contribution in [2.45, 2.75) is 37.2 Å². The topological polar surface area (TPSA) is 64.6 Å². The maximum absolute atomic E-state index is 11.8. The Bertz CT molecular complexity index is 562. The smallest absolute Gasteiger partial charge is 0.317 e. The summed E-state index contributed by atoms with van der Waals surface area (Å²) in [4.78, 5) is 24.6. The van der Waals surface area contributed by atoms with Gasteiger partial charge in [-0.3, -0.25) is 9.59 Å². The van der Waals surface area contributed by atoms with Crippen LogP contribution in [0.15, 0.2) is 23.1 Å². The Balaban J connectivity index is 1.73. The molecule has 1 aliphatic rings. The first kappa shape index (κ1) is 17.8. The molecule has 1 atom stereocenters. The van der Waals surface area contributed by atoms with E-state index in [4.69, 9.17) is 9.47 Å². The number of fused-ring (bicyclic) bond motifs is 1. The van der Waals surface area contributed by atoms with Gasteiger partial charge in [0.05, 0.1) is 12.4 Å². The predicted octanol–water partition coefficient (Wildman–Crippen LogP) is 1.96. The second kappa shape index (κ2) is 8.93. The van der Waals surface area contributed by atoms with Crippen molar-refractivity contribution in [2.75, 3.05) is 26.0 Å². The van der Waals surface area contributed by atoms with E-state index >= 15 is 0 Å². The Morgan fingerprint density at radius 3 is 2.87 bits per heavy atom. The third-order valence-electron chi connectivity index (χ3n) is 3.71. The van der Waals surface area contributed by atoms with E-state index in [9.17, 15) is 9.59 Å². The third kappa shape index (κ3) is 5.55. The molecule has 1 aliphatic carbocycles. The fourth-order valence-corrected chi connectivity index (χ4v) is 3.23. The maximum Gasteiger partial charge on any atom is 0.317 e. The zero-order chi connectivity index (χ0) is 16.7. The Kier molecular flexibility index (Phi) is 6.92. The molecule has 0 aromatic heterocycles. The number of amides is 1. The van der Waals surface area contributed by atoms with Gasteiger partial charge in [-0.1, -0.05) is 6.07 Å². The summed E-state index contributed by atoms with van der Waals surface area (Å²) >= 11 is 1.44. The van der Waals surface area contributed by atoms with Gasteiger partial charge < -0.3 is 14.8 Å². The van der Waals surface area contributed by atoms with E-state index < -0.39 is 6.10 Å². The molecule has 0 bridgehead atoms. The highest BCUT2D eigenvalue weighted by molar-refractivity contribution is 8.00. The molecule has 0 unspecified atom stereocenters. The molecule has 126 valence electrons. The van der Waals surface area contributed by atoms with Gasteiger partial charge in [-0.2, -0.15) is 0 Å². The maximum atomic E-state index is 11.8. The second-order valence-corrected chi connectivity index (χ2v) is 6.54. The van der Waals surface area contributed by atoms with Gasteiger partial charge in [0.25, 0.3) is 5.91 Å². The van der Waals surface area contributed by atoms with Crippen LogP contribution in [0.5, 0.6) is 0 Å². The molecule has 0 aliphatic heterocycles. The molecule has 0 fully saturated rings. The zero-order valence-corrected chi connectivity index (χ0v) is 14.4. The summed E-state index contributed by atoms with van der Waals surface area (Å²) < 4.78 is 9.99. The molecule has 0 heterocycles. The van der Waals surface area contributed by atoms with Gasteiger partial charge in [0.15, 0.2) is 6.10 Å². The quantitative estimate of drug-likeness (QED) is 0.446. The van der Waals surface area contributed by atoms with Crippen LogP contribution in [0.4, 0.5) is 0 Å². The van der Waals surface area contributed by atoms with E-state index in [2.05, 4.69) is 17.4 Å². The molecular formula is C17H23NO4S. The molecule has 1 aromatic rings. The average molecular weight is 337 g/mol. The lowest BCUT2D eigenvalue weighted by atomic mass is 10.1.